The standard InChI is InChI=1S/C21H23N3O3/c1-4-16-12-17(26-2)10-11-18(16)22-21-23-20(25)19(27-3)14-24(21)13-15-8-6-5-7-9-15/h5-12,14H,4,13H2,1-3H3,(H,22,23,25). The molecule has 0 atom stereocenters. The Bertz CT molecular complexity index is 968. The Morgan fingerprint density at radius 3 is 2.52 bits per heavy atom. The third kappa shape index (κ3) is 4.28. The van der Waals surface area contributed by atoms with Crippen LogP contribution in [0.25, 0.3) is 0 Å². The van der Waals surface area contributed by atoms with Gasteiger partial charge in [-0.25, -0.2) is 0 Å². The molecule has 3 aromatic rings. The molecular formula is C21H23N3O3. The normalized spacial score (nSPS) is 10.5. The molecule has 0 spiro atoms. The van der Waals surface area contributed by atoms with Gasteiger partial charge in [0.25, 0.3) is 0 Å². The minimum absolute atomic E-state index is 0.210. The number of anilines is 2. The predicted molar refractivity (Wildman–Crippen MR) is 106 cm³/mol. The minimum atomic E-state index is -0.407. The lowest BCUT2D eigenvalue weighted by Gasteiger charge is -2.17. The Morgan fingerprint density at radius 2 is 1.85 bits per heavy atom. The molecule has 0 bridgehead atoms. The maximum Gasteiger partial charge on any atom is 0.316 e. The van der Waals surface area contributed by atoms with Crippen molar-refractivity contribution in [3.8, 4) is 11.5 Å². The monoisotopic (exact) mass is 365 g/mol. The van der Waals surface area contributed by atoms with Gasteiger partial charge in [0.2, 0.25) is 11.7 Å². The molecule has 0 aliphatic heterocycles. The van der Waals surface area contributed by atoms with E-state index in [0.29, 0.717) is 12.5 Å². The lowest BCUT2D eigenvalue weighted by molar-refractivity contribution is 0.402. The van der Waals surface area contributed by atoms with Gasteiger partial charge in [-0.2, -0.15) is 4.98 Å². The van der Waals surface area contributed by atoms with E-state index >= 15 is 0 Å². The van der Waals surface area contributed by atoms with E-state index in [4.69, 9.17) is 9.47 Å². The summed E-state index contributed by atoms with van der Waals surface area (Å²) in [6.07, 6.45) is 2.50. The first kappa shape index (κ1) is 18.5. The molecule has 0 unspecified atom stereocenters. The predicted octanol–water partition coefficient (Wildman–Crippen LogP) is 3.61. The molecule has 1 heterocycles. The van der Waals surface area contributed by atoms with Gasteiger partial charge in [0.05, 0.1) is 27.0 Å². The van der Waals surface area contributed by atoms with Crippen LogP contribution in [-0.2, 0) is 13.0 Å². The van der Waals surface area contributed by atoms with Gasteiger partial charge in [0.1, 0.15) is 5.75 Å². The average molecular weight is 365 g/mol. The van der Waals surface area contributed by atoms with Gasteiger partial charge in [0, 0.05) is 5.69 Å². The first-order valence-electron chi connectivity index (χ1n) is 8.78. The fourth-order valence-corrected chi connectivity index (χ4v) is 2.85. The van der Waals surface area contributed by atoms with Crippen LogP contribution in [0.2, 0.25) is 0 Å². The van der Waals surface area contributed by atoms with Crippen LogP contribution in [0.5, 0.6) is 11.5 Å². The number of rotatable bonds is 7. The number of nitrogens with zero attached hydrogens (tertiary/aromatic N) is 2. The van der Waals surface area contributed by atoms with Gasteiger partial charge in [-0.15, -0.1) is 0 Å². The molecule has 1 N–H and O–H groups in total. The fourth-order valence-electron chi connectivity index (χ4n) is 2.85. The second kappa shape index (κ2) is 8.40. The van der Waals surface area contributed by atoms with Crippen LogP contribution in [-0.4, -0.2) is 23.8 Å². The molecule has 0 saturated heterocycles. The highest BCUT2D eigenvalue weighted by Gasteiger charge is 2.12. The number of aromatic nitrogens is 2. The maximum absolute atomic E-state index is 12.2. The summed E-state index contributed by atoms with van der Waals surface area (Å²) in [6, 6.07) is 15.8. The number of nitrogens with one attached hydrogen (secondary N) is 1. The van der Waals surface area contributed by atoms with Crippen molar-refractivity contribution in [3.63, 3.8) is 0 Å². The average Bonchev–Trinajstić information content (AvgIpc) is 2.71. The Morgan fingerprint density at radius 1 is 1.07 bits per heavy atom. The van der Waals surface area contributed by atoms with Gasteiger partial charge in [-0.05, 0) is 35.7 Å². The maximum atomic E-state index is 12.2. The summed E-state index contributed by atoms with van der Waals surface area (Å²) in [4.78, 5) is 16.4. The molecule has 0 aliphatic rings. The second-order valence-electron chi connectivity index (χ2n) is 6.05. The first-order chi connectivity index (χ1) is 13.1. The van der Waals surface area contributed by atoms with E-state index in [9.17, 15) is 4.79 Å². The van der Waals surface area contributed by atoms with Gasteiger partial charge in [0.15, 0.2) is 0 Å². The third-order valence-corrected chi connectivity index (χ3v) is 4.32. The van der Waals surface area contributed by atoms with Crippen LogP contribution < -0.4 is 20.3 Å². The summed E-state index contributed by atoms with van der Waals surface area (Å²) in [5.74, 6) is 1.47. The number of hydrogen-bond acceptors (Lipinski definition) is 5. The molecule has 0 saturated carbocycles. The number of ether oxygens (including phenoxy) is 2. The fraction of sp³-hybridized carbons (Fsp3) is 0.238. The van der Waals surface area contributed by atoms with E-state index in [1.54, 1.807) is 13.3 Å². The Hall–Kier alpha value is -3.28. The minimum Gasteiger partial charge on any atom is -0.497 e. The topological polar surface area (TPSA) is 65.4 Å². The van der Waals surface area contributed by atoms with Crippen molar-refractivity contribution in [2.45, 2.75) is 19.9 Å². The molecule has 0 aliphatic carbocycles. The van der Waals surface area contributed by atoms with Crippen molar-refractivity contribution in [2.24, 2.45) is 0 Å². The van der Waals surface area contributed by atoms with Crippen molar-refractivity contribution in [3.05, 3.63) is 76.2 Å². The van der Waals surface area contributed by atoms with Gasteiger partial charge in [-0.1, -0.05) is 37.3 Å². The summed E-state index contributed by atoms with van der Waals surface area (Å²) < 4.78 is 12.3. The summed E-state index contributed by atoms with van der Waals surface area (Å²) in [5.41, 5.74) is 2.65. The molecular weight excluding hydrogens is 342 g/mol. The molecule has 2 aromatic carbocycles. The zero-order valence-electron chi connectivity index (χ0n) is 15.7. The van der Waals surface area contributed by atoms with Crippen LogP contribution >= 0.6 is 0 Å². The molecule has 0 amide bonds. The zero-order valence-corrected chi connectivity index (χ0v) is 15.7. The van der Waals surface area contributed by atoms with Crippen molar-refractivity contribution < 1.29 is 9.47 Å². The van der Waals surface area contributed by atoms with Crippen molar-refractivity contribution in [1.29, 1.82) is 0 Å². The molecule has 27 heavy (non-hydrogen) atoms. The highest BCUT2D eigenvalue weighted by Crippen LogP contribution is 2.25. The van der Waals surface area contributed by atoms with Gasteiger partial charge in [-0.3, -0.25) is 4.79 Å². The Balaban J connectivity index is 2.01. The summed E-state index contributed by atoms with van der Waals surface area (Å²) >= 11 is 0. The van der Waals surface area contributed by atoms with Crippen LogP contribution in [0.3, 0.4) is 0 Å². The molecule has 6 nitrogen and oxygen atoms in total. The van der Waals surface area contributed by atoms with Crippen LogP contribution in [0, 0.1) is 0 Å². The smallest absolute Gasteiger partial charge is 0.316 e. The van der Waals surface area contributed by atoms with Gasteiger partial charge < -0.3 is 19.4 Å². The molecule has 1 aromatic heterocycles. The molecule has 0 fully saturated rings. The quantitative estimate of drug-likeness (QED) is 0.693. The van der Waals surface area contributed by atoms with Crippen LogP contribution in [0.1, 0.15) is 18.1 Å². The van der Waals surface area contributed by atoms with Crippen LogP contribution in [0.15, 0.2) is 59.5 Å². The number of aryl methyl sites for hydroxylation is 1. The van der Waals surface area contributed by atoms with E-state index in [1.807, 2.05) is 53.1 Å². The lowest BCUT2D eigenvalue weighted by atomic mass is 10.1. The number of hydrogen-bond donors (Lipinski definition) is 1. The number of benzene rings is 2. The third-order valence-electron chi connectivity index (χ3n) is 4.32. The van der Waals surface area contributed by atoms with E-state index in [-0.39, 0.29) is 5.75 Å². The Kier molecular flexibility index (Phi) is 5.76. The lowest BCUT2D eigenvalue weighted by Crippen LogP contribution is -2.19. The number of methoxy groups -OCH3 is 2. The zero-order chi connectivity index (χ0) is 19.2. The van der Waals surface area contributed by atoms with E-state index in [0.717, 1.165) is 29.0 Å². The SMILES string of the molecule is CCc1cc(OC)ccc1Nc1nc(=O)c(OC)cn1Cc1ccccc1. The van der Waals surface area contributed by atoms with Crippen molar-refractivity contribution >= 4 is 11.6 Å². The highest BCUT2D eigenvalue weighted by molar-refractivity contribution is 5.61. The molecule has 0 radical (unpaired) electrons. The summed E-state index contributed by atoms with van der Waals surface area (Å²) in [6.45, 7) is 2.63. The van der Waals surface area contributed by atoms with Gasteiger partial charge >= 0.3 is 5.56 Å². The molecule has 3 rings (SSSR count). The molecule has 6 heteroatoms. The molecule has 140 valence electrons. The summed E-state index contributed by atoms with van der Waals surface area (Å²) in [7, 11) is 3.11. The largest absolute Gasteiger partial charge is 0.497 e. The highest BCUT2D eigenvalue weighted by atomic mass is 16.5. The van der Waals surface area contributed by atoms with Crippen molar-refractivity contribution in [2.75, 3.05) is 19.5 Å². The second-order valence-corrected chi connectivity index (χ2v) is 6.05. The van der Waals surface area contributed by atoms with E-state index in [1.165, 1.54) is 7.11 Å². The Labute approximate surface area is 158 Å². The summed E-state index contributed by atoms with van der Waals surface area (Å²) in [5, 5.41) is 3.30. The first-order valence-corrected chi connectivity index (χ1v) is 8.78. The van der Waals surface area contributed by atoms with E-state index < -0.39 is 5.56 Å². The van der Waals surface area contributed by atoms with Crippen LogP contribution in [0.4, 0.5) is 11.6 Å². The van der Waals surface area contributed by atoms with E-state index in [2.05, 4.69) is 17.2 Å². The van der Waals surface area contributed by atoms with Crippen molar-refractivity contribution in [1.82, 2.24) is 9.55 Å².